The van der Waals surface area contributed by atoms with Gasteiger partial charge in [0.15, 0.2) is 0 Å². The van der Waals surface area contributed by atoms with Crippen molar-refractivity contribution in [3.63, 3.8) is 0 Å². The van der Waals surface area contributed by atoms with Crippen molar-refractivity contribution in [1.29, 1.82) is 0 Å². The molecule has 0 saturated heterocycles. The number of rotatable bonds is 2. The lowest BCUT2D eigenvalue weighted by Crippen LogP contribution is -2.30. The highest BCUT2D eigenvalue weighted by Crippen LogP contribution is 2.23. The number of hydrogen-bond acceptors (Lipinski definition) is 2. The molecule has 0 aromatic carbocycles. The summed E-state index contributed by atoms with van der Waals surface area (Å²) < 4.78 is 55.1. The van der Waals surface area contributed by atoms with Crippen molar-refractivity contribution in [1.82, 2.24) is 0 Å². The predicted molar refractivity (Wildman–Crippen MR) is 33.2 cm³/mol. The molecule has 68 valence electrons. The monoisotopic (exact) mass is 191 g/mol. The summed E-state index contributed by atoms with van der Waals surface area (Å²) >= 11 is 0. The van der Waals surface area contributed by atoms with Gasteiger partial charge < -0.3 is 0 Å². The van der Waals surface area contributed by atoms with Gasteiger partial charge in [0.05, 0.1) is 11.7 Å². The second kappa shape index (κ2) is 2.98. The molecule has 3 nitrogen and oxygen atoms in total. The van der Waals surface area contributed by atoms with Crippen molar-refractivity contribution in [3.05, 3.63) is 0 Å². The first-order valence-electron chi connectivity index (χ1n) is 2.71. The van der Waals surface area contributed by atoms with Crippen LogP contribution in [0.2, 0.25) is 0 Å². The first-order chi connectivity index (χ1) is 4.63. The van der Waals surface area contributed by atoms with E-state index in [1.54, 1.807) is 0 Å². The summed E-state index contributed by atoms with van der Waals surface area (Å²) in [4.78, 5) is 0. The van der Waals surface area contributed by atoms with Gasteiger partial charge in [-0.05, 0) is 6.92 Å². The Balaban J connectivity index is 4.22. The molecule has 0 bridgehead atoms. The van der Waals surface area contributed by atoms with Crippen LogP contribution in [0.4, 0.5) is 13.2 Å². The van der Waals surface area contributed by atoms with Crippen molar-refractivity contribution in [2.24, 2.45) is 5.14 Å². The molecule has 0 aromatic heterocycles. The molecule has 0 heterocycles. The third kappa shape index (κ3) is 5.02. The highest BCUT2D eigenvalue weighted by Gasteiger charge is 2.34. The molecule has 0 rings (SSSR count). The molecule has 0 spiro atoms. The zero-order valence-corrected chi connectivity index (χ0v) is 6.54. The van der Waals surface area contributed by atoms with Gasteiger partial charge in [-0.25, -0.2) is 13.6 Å². The fraction of sp³-hybridized carbons (Fsp3) is 1.00. The molecule has 7 heteroatoms. The van der Waals surface area contributed by atoms with Crippen LogP contribution >= 0.6 is 0 Å². The fourth-order valence-electron chi connectivity index (χ4n) is 0.442. The number of nitrogens with two attached hydrogens (primary N) is 1. The van der Waals surface area contributed by atoms with Crippen LogP contribution in [-0.2, 0) is 10.0 Å². The molecule has 1 unspecified atom stereocenters. The molecule has 0 aliphatic rings. The van der Waals surface area contributed by atoms with Crippen LogP contribution in [0.1, 0.15) is 13.3 Å². The maximum Gasteiger partial charge on any atom is 0.390 e. The summed E-state index contributed by atoms with van der Waals surface area (Å²) in [6.45, 7) is 0.919. The number of hydrogen-bond donors (Lipinski definition) is 1. The van der Waals surface area contributed by atoms with E-state index in [4.69, 9.17) is 0 Å². The zero-order valence-electron chi connectivity index (χ0n) is 5.72. The highest BCUT2D eigenvalue weighted by atomic mass is 32.2. The molecule has 0 radical (unpaired) electrons. The van der Waals surface area contributed by atoms with Gasteiger partial charge >= 0.3 is 6.18 Å². The Labute approximate surface area is 62.4 Å². The largest absolute Gasteiger partial charge is 0.390 e. The van der Waals surface area contributed by atoms with Crippen LogP contribution in [0.15, 0.2) is 0 Å². The molecule has 11 heavy (non-hydrogen) atoms. The molecule has 0 saturated carbocycles. The Hall–Kier alpha value is -0.300. The van der Waals surface area contributed by atoms with E-state index in [2.05, 4.69) is 5.14 Å². The van der Waals surface area contributed by atoms with E-state index < -0.39 is 27.9 Å². The molecule has 0 aliphatic carbocycles. The second-order valence-electron chi connectivity index (χ2n) is 2.22. The first-order valence-corrected chi connectivity index (χ1v) is 4.32. The van der Waals surface area contributed by atoms with Crippen molar-refractivity contribution in [2.45, 2.75) is 24.8 Å². The smallest absolute Gasteiger partial charge is 0.228 e. The molecule has 1 atom stereocenters. The van der Waals surface area contributed by atoms with Crippen molar-refractivity contribution in [3.8, 4) is 0 Å². The lowest BCUT2D eigenvalue weighted by Gasteiger charge is -2.10. The van der Waals surface area contributed by atoms with E-state index in [-0.39, 0.29) is 0 Å². The molecular formula is C4H8F3NO2S. The van der Waals surface area contributed by atoms with Gasteiger partial charge in [0, 0.05) is 0 Å². The van der Waals surface area contributed by atoms with Crippen LogP contribution in [-0.4, -0.2) is 19.8 Å². The Bertz CT molecular complexity index is 220. The maximum absolute atomic E-state index is 11.5. The molecule has 2 N–H and O–H groups in total. The SMILES string of the molecule is CC(CC(F)(F)F)S(N)(=O)=O. The van der Waals surface area contributed by atoms with E-state index in [1.165, 1.54) is 0 Å². The first kappa shape index (κ1) is 10.7. The van der Waals surface area contributed by atoms with Crippen LogP contribution in [0, 0.1) is 0 Å². The standard InChI is InChI=1S/C4H8F3NO2S/c1-3(11(8,9)10)2-4(5,6)7/h3H,2H2,1H3,(H2,8,9,10). The van der Waals surface area contributed by atoms with Gasteiger partial charge in [0.2, 0.25) is 10.0 Å². The van der Waals surface area contributed by atoms with E-state index in [0.29, 0.717) is 0 Å². The molecule has 0 amide bonds. The van der Waals surface area contributed by atoms with Crippen molar-refractivity contribution >= 4 is 10.0 Å². The summed E-state index contributed by atoms with van der Waals surface area (Å²) in [7, 11) is -4.06. The van der Waals surface area contributed by atoms with Gasteiger partial charge in [0.25, 0.3) is 0 Å². The predicted octanol–water partition coefficient (Wildman–Crippen LogP) is 0.616. The fourth-order valence-corrected chi connectivity index (χ4v) is 0.863. The normalized spacial score (nSPS) is 16.5. The van der Waals surface area contributed by atoms with Crippen LogP contribution < -0.4 is 5.14 Å². The maximum atomic E-state index is 11.5. The van der Waals surface area contributed by atoms with E-state index in [9.17, 15) is 21.6 Å². The zero-order chi connectivity index (χ0) is 9.28. The molecular weight excluding hydrogens is 183 g/mol. The van der Waals surface area contributed by atoms with Crippen molar-refractivity contribution in [2.75, 3.05) is 0 Å². The minimum Gasteiger partial charge on any atom is -0.228 e. The lowest BCUT2D eigenvalue weighted by molar-refractivity contribution is -0.133. The van der Waals surface area contributed by atoms with E-state index in [0.717, 1.165) is 6.92 Å². The Morgan fingerprint density at radius 3 is 1.91 bits per heavy atom. The third-order valence-electron chi connectivity index (χ3n) is 1.08. The second-order valence-corrected chi connectivity index (χ2v) is 4.20. The number of primary sulfonamides is 1. The van der Waals surface area contributed by atoms with Crippen LogP contribution in [0.5, 0.6) is 0 Å². The van der Waals surface area contributed by atoms with Crippen molar-refractivity contribution < 1.29 is 21.6 Å². The minimum atomic E-state index is -4.48. The van der Waals surface area contributed by atoms with Gasteiger partial charge in [0.1, 0.15) is 0 Å². The third-order valence-corrected chi connectivity index (χ3v) is 2.37. The summed E-state index contributed by atoms with van der Waals surface area (Å²) in [6.07, 6.45) is -5.88. The quantitative estimate of drug-likeness (QED) is 0.695. The van der Waals surface area contributed by atoms with Gasteiger partial charge in [-0.3, -0.25) is 0 Å². The average Bonchev–Trinajstić information content (AvgIpc) is 1.56. The Morgan fingerprint density at radius 2 is 1.82 bits per heavy atom. The van der Waals surface area contributed by atoms with E-state index in [1.807, 2.05) is 0 Å². The Kier molecular flexibility index (Phi) is 2.90. The molecule has 0 aromatic rings. The van der Waals surface area contributed by atoms with Gasteiger partial charge in [-0.15, -0.1) is 0 Å². The molecule has 0 aliphatic heterocycles. The summed E-state index contributed by atoms with van der Waals surface area (Å²) in [5, 5.41) is 2.89. The van der Waals surface area contributed by atoms with Gasteiger partial charge in [-0.2, -0.15) is 13.2 Å². The van der Waals surface area contributed by atoms with Gasteiger partial charge in [-0.1, -0.05) is 0 Å². The number of sulfonamides is 1. The summed E-state index contributed by atoms with van der Waals surface area (Å²) in [6, 6.07) is 0. The highest BCUT2D eigenvalue weighted by molar-refractivity contribution is 7.89. The summed E-state index contributed by atoms with van der Waals surface area (Å²) in [5.41, 5.74) is 0. The Morgan fingerprint density at radius 1 is 1.45 bits per heavy atom. The molecule has 0 fully saturated rings. The number of halogens is 3. The topological polar surface area (TPSA) is 60.2 Å². The van der Waals surface area contributed by atoms with E-state index >= 15 is 0 Å². The summed E-state index contributed by atoms with van der Waals surface area (Å²) in [5.74, 6) is 0. The minimum absolute atomic E-state index is 0.919. The average molecular weight is 191 g/mol. The van der Waals surface area contributed by atoms with Crippen LogP contribution in [0.25, 0.3) is 0 Å². The lowest BCUT2D eigenvalue weighted by atomic mass is 10.3. The number of alkyl halides is 3. The van der Waals surface area contributed by atoms with Crippen LogP contribution in [0.3, 0.4) is 0 Å².